The van der Waals surface area contributed by atoms with Crippen molar-refractivity contribution in [3.63, 3.8) is 0 Å². The van der Waals surface area contributed by atoms with Crippen molar-refractivity contribution in [2.24, 2.45) is 5.92 Å². The highest BCUT2D eigenvalue weighted by atomic mass is 79.9. The van der Waals surface area contributed by atoms with Crippen LogP contribution >= 0.6 is 28.3 Å². The Bertz CT molecular complexity index is 438. The highest BCUT2D eigenvalue weighted by Crippen LogP contribution is 2.27. The van der Waals surface area contributed by atoms with Crippen LogP contribution in [0.1, 0.15) is 18.4 Å². The van der Waals surface area contributed by atoms with E-state index in [-0.39, 0.29) is 12.4 Å². The van der Waals surface area contributed by atoms with E-state index in [2.05, 4.69) is 44.3 Å². The van der Waals surface area contributed by atoms with Gasteiger partial charge < -0.3 is 10.1 Å². The van der Waals surface area contributed by atoms with Crippen LogP contribution in [-0.4, -0.2) is 37.7 Å². The summed E-state index contributed by atoms with van der Waals surface area (Å²) in [4.78, 5) is 2.54. The average molecular weight is 362 g/mol. The van der Waals surface area contributed by atoms with E-state index in [4.69, 9.17) is 4.74 Å². The highest BCUT2D eigenvalue weighted by molar-refractivity contribution is 9.10. The summed E-state index contributed by atoms with van der Waals surface area (Å²) in [7, 11) is 0. The van der Waals surface area contributed by atoms with Gasteiger partial charge in [-0.05, 0) is 50.0 Å². The van der Waals surface area contributed by atoms with Gasteiger partial charge in [0.1, 0.15) is 12.4 Å². The smallest absolute Gasteiger partial charge is 0.123 e. The lowest BCUT2D eigenvalue weighted by Gasteiger charge is -2.28. The van der Waals surface area contributed by atoms with Crippen molar-refractivity contribution in [3.8, 4) is 5.75 Å². The number of hydrogen-bond donors (Lipinski definition) is 1. The van der Waals surface area contributed by atoms with Crippen molar-refractivity contribution in [3.05, 3.63) is 28.2 Å². The summed E-state index contributed by atoms with van der Waals surface area (Å²) in [6.07, 6.45) is 2.67. The standard InChI is InChI=1S/C15H21BrN2O.ClH/c16-14-3-4-15-13(8-14)11-18(6-7-19-15)10-12-2-1-5-17-9-12;/h3-4,8,12,17H,1-2,5-7,9-11H2;1H. The van der Waals surface area contributed by atoms with E-state index < -0.39 is 0 Å². The van der Waals surface area contributed by atoms with Crippen LogP contribution in [0, 0.1) is 5.92 Å². The zero-order valence-corrected chi connectivity index (χ0v) is 14.0. The van der Waals surface area contributed by atoms with Crippen molar-refractivity contribution >= 4 is 28.3 Å². The van der Waals surface area contributed by atoms with Crippen LogP contribution in [0.4, 0.5) is 0 Å². The molecule has 2 heterocycles. The van der Waals surface area contributed by atoms with E-state index >= 15 is 0 Å². The van der Waals surface area contributed by atoms with Crippen molar-refractivity contribution < 1.29 is 4.74 Å². The molecular weight excluding hydrogens is 340 g/mol. The molecule has 1 fully saturated rings. The molecule has 1 aromatic rings. The van der Waals surface area contributed by atoms with Gasteiger partial charge in [0.15, 0.2) is 0 Å². The van der Waals surface area contributed by atoms with Crippen LogP contribution in [0.3, 0.4) is 0 Å². The van der Waals surface area contributed by atoms with Gasteiger partial charge in [-0.3, -0.25) is 4.90 Å². The summed E-state index contributed by atoms with van der Waals surface area (Å²) in [5, 5.41) is 3.50. The van der Waals surface area contributed by atoms with E-state index in [1.54, 1.807) is 0 Å². The number of nitrogens with zero attached hydrogens (tertiary/aromatic N) is 1. The molecule has 1 unspecified atom stereocenters. The molecule has 2 aliphatic rings. The molecule has 0 spiro atoms. The Morgan fingerprint density at radius 2 is 2.30 bits per heavy atom. The molecule has 20 heavy (non-hydrogen) atoms. The van der Waals surface area contributed by atoms with Crippen LogP contribution in [0.15, 0.2) is 22.7 Å². The van der Waals surface area contributed by atoms with E-state index in [1.165, 1.54) is 38.0 Å². The summed E-state index contributed by atoms with van der Waals surface area (Å²) < 4.78 is 6.98. The van der Waals surface area contributed by atoms with Gasteiger partial charge in [0.2, 0.25) is 0 Å². The molecule has 112 valence electrons. The summed E-state index contributed by atoms with van der Waals surface area (Å²) in [6, 6.07) is 6.32. The number of halogens is 2. The Morgan fingerprint density at radius 3 is 3.10 bits per heavy atom. The lowest BCUT2D eigenvalue weighted by molar-refractivity contribution is 0.183. The van der Waals surface area contributed by atoms with Crippen molar-refractivity contribution in [1.82, 2.24) is 10.2 Å². The first kappa shape index (κ1) is 16.1. The topological polar surface area (TPSA) is 24.5 Å². The summed E-state index contributed by atoms with van der Waals surface area (Å²) in [5.41, 5.74) is 1.30. The zero-order valence-electron chi connectivity index (χ0n) is 11.6. The van der Waals surface area contributed by atoms with Gasteiger partial charge in [0.05, 0.1) is 0 Å². The van der Waals surface area contributed by atoms with Crippen molar-refractivity contribution in [1.29, 1.82) is 0 Å². The molecule has 0 bridgehead atoms. The average Bonchev–Trinajstić information content (AvgIpc) is 2.61. The minimum atomic E-state index is 0. The van der Waals surface area contributed by atoms with Gasteiger partial charge in [-0.15, -0.1) is 12.4 Å². The third-order valence-corrected chi connectivity index (χ3v) is 4.49. The highest BCUT2D eigenvalue weighted by Gasteiger charge is 2.20. The van der Waals surface area contributed by atoms with Gasteiger partial charge in [-0.25, -0.2) is 0 Å². The lowest BCUT2D eigenvalue weighted by atomic mass is 9.99. The number of ether oxygens (including phenoxy) is 1. The Hall–Kier alpha value is -0.290. The second-order valence-electron chi connectivity index (χ2n) is 5.55. The van der Waals surface area contributed by atoms with E-state index in [0.717, 1.165) is 35.8 Å². The third-order valence-electron chi connectivity index (χ3n) is 4.00. The predicted octanol–water partition coefficient (Wildman–Crippen LogP) is 3.06. The number of benzene rings is 1. The van der Waals surface area contributed by atoms with Gasteiger partial charge in [-0.2, -0.15) is 0 Å². The van der Waals surface area contributed by atoms with E-state index in [9.17, 15) is 0 Å². The largest absolute Gasteiger partial charge is 0.492 e. The molecule has 5 heteroatoms. The first-order valence-corrected chi connectivity index (χ1v) is 7.95. The Morgan fingerprint density at radius 1 is 1.40 bits per heavy atom. The molecule has 1 saturated heterocycles. The maximum atomic E-state index is 5.84. The number of rotatable bonds is 2. The normalized spacial score (nSPS) is 23.1. The molecule has 2 aliphatic heterocycles. The molecule has 0 aromatic heterocycles. The number of hydrogen-bond acceptors (Lipinski definition) is 3. The fourth-order valence-corrected chi connectivity index (χ4v) is 3.43. The predicted molar refractivity (Wildman–Crippen MR) is 87.8 cm³/mol. The van der Waals surface area contributed by atoms with Gasteiger partial charge in [0.25, 0.3) is 0 Å². The first-order chi connectivity index (χ1) is 9.31. The monoisotopic (exact) mass is 360 g/mol. The molecule has 1 atom stereocenters. The second kappa shape index (κ2) is 7.64. The molecule has 1 N–H and O–H groups in total. The minimum Gasteiger partial charge on any atom is -0.492 e. The Balaban J connectivity index is 0.00000147. The molecule has 0 aliphatic carbocycles. The van der Waals surface area contributed by atoms with Gasteiger partial charge >= 0.3 is 0 Å². The molecule has 3 nitrogen and oxygen atoms in total. The van der Waals surface area contributed by atoms with Crippen LogP contribution in [0.2, 0.25) is 0 Å². The second-order valence-corrected chi connectivity index (χ2v) is 6.46. The van der Waals surface area contributed by atoms with Crippen LogP contribution in [-0.2, 0) is 6.54 Å². The zero-order chi connectivity index (χ0) is 13.1. The van der Waals surface area contributed by atoms with E-state index in [0.29, 0.717) is 0 Å². The van der Waals surface area contributed by atoms with Gasteiger partial charge in [0, 0.05) is 29.7 Å². The maximum Gasteiger partial charge on any atom is 0.123 e. The Kier molecular flexibility index (Phi) is 6.15. The molecular formula is C15H22BrClN2O. The fourth-order valence-electron chi connectivity index (χ4n) is 3.02. The first-order valence-electron chi connectivity index (χ1n) is 7.15. The fraction of sp³-hybridized carbons (Fsp3) is 0.600. The molecule has 1 aromatic carbocycles. The van der Waals surface area contributed by atoms with Gasteiger partial charge in [-0.1, -0.05) is 15.9 Å². The Labute approximate surface area is 135 Å². The molecule has 3 rings (SSSR count). The van der Waals surface area contributed by atoms with Crippen molar-refractivity contribution in [2.45, 2.75) is 19.4 Å². The number of nitrogens with one attached hydrogen (secondary N) is 1. The maximum absolute atomic E-state index is 5.84. The van der Waals surface area contributed by atoms with Crippen molar-refractivity contribution in [2.75, 3.05) is 32.8 Å². The number of piperidine rings is 1. The van der Waals surface area contributed by atoms with Crippen LogP contribution in [0.25, 0.3) is 0 Å². The van der Waals surface area contributed by atoms with Crippen LogP contribution < -0.4 is 10.1 Å². The van der Waals surface area contributed by atoms with E-state index in [1.807, 2.05) is 0 Å². The molecule has 0 amide bonds. The summed E-state index contributed by atoms with van der Waals surface area (Å²) in [5.74, 6) is 1.84. The van der Waals surface area contributed by atoms with Crippen LogP contribution in [0.5, 0.6) is 5.75 Å². The molecule has 0 radical (unpaired) electrons. The summed E-state index contributed by atoms with van der Waals surface area (Å²) in [6.45, 7) is 6.38. The third kappa shape index (κ3) is 4.10. The molecule has 0 saturated carbocycles. The lowest BCUT2D eigenvalue weighted by Crippen LogP contribution is -2.38. The minimum absolute atomic E-state index is 0. The SMILES string of the molecule is Brc1ccc2c(c1)CN(CC1CCCNC1)CCO2.Cl. The quantitative estimate of drug-likeness (QED) is 0.876. The number of fused-ring (bicyclic) bond motifs is 1. The summed E-state index contributed by atoms with van der Waals surface area (Å²) >= 11 is 3.55.